The van der Waals surface area contributed by atoms with E-state index in [9.17, 15) is 4.79 Å². The van der Waals surface area contributed by atoms with Gasteiger partial charge in [-0.1, -0.05) is 0 Å². The number of alkyl halides is 1. The standard InChI is InChI=1S/C11H20ClNO2/c1-11(2,8-12)10(14)13-7-9-3-5-15-6-4-9/h9H,3-8H2,1-2H3,(H,13,14). The van der Waals surface area contributed by atoms with Crippen molar-refractivity contribution in [3.05, 3.63) is 0 Å². The highest BCUT2D eigenvalue weighted by atomic mass is 35.5. The van der Waals surface area contributed by atoms with E-state index in [0.29, 0.717) is 11.8 Å². The first-order valence-electron chi connectivity index (χ1n) is 5.48. The quantitative estimate of drug-likeness (QED) is 0.752. The van der Waals surface area contributed by atoms with Gasteiger partial charge < -0.3 is 10.1 Å². The van der Waals surface area contributed by atoms with Crippen molar-refractivity contribution in [2.45, 2.75) is 26.7 Å². The number of hydrogen-bond donors (Lipinski definition) is 1. The van der Waals surface area contributed by atoms with Gasteiger partial charge >= 0.3 is 0 Å². The van der Waals surface area contributed by atoms with Gasteiger partial charge in [-0.05, 0) is 32.6 Å². The molecule has 0 aromatic carbocycles. The molecule has 3 nitrogen and oxygen atoms in total. The van der Waals surface area contributed by atoms with E-state index < -0.39 is 5.41 Å². The summed E-state index contributed by atoms with van der Waals surface area (Å²) in [6.07, 6.45) is 2.09. The normalized spacial score (nSPS) is 18.9. The molecular weight excluding hydrogens is 214 g/mol. The summed E-state index contributed by atoms with van der Waals surface area (Å²) >= 11 is 5.73. The third kappa shape index (κ3) is 3.99. The lowest BCUT2D eigenvalue weighted by molar-refractivity contribution is -0.128. The summed E-state index contributed by atoms with van der Waals surface area (Å²) in [7, 11) is 0. The van der Waals surface area contributed by atoms with Crippen molar-refractivity contribution < 1.29 is 9.53 Å². The van der Waals surface area contributed by atoms with Crippen molar-refractivity contribution in [3.8, 4) is 0 Å². The minimum atomic E-state index is -0.466. The van der Waals surface area contributed by atoms with Crippen LogP contribution in [0.2, 0.25) is 0 Å². The first-order valence-corrected chi connectivity index (χ1v) is 6.02. The van der Waals surface area contributed by atoms with Crippen LogP contribution in [0.5, 0.6) is 0 Å². The zero-order chi connectivity index (χ0) is 11.3. The molecule has 0 spiro atoms. The number of hydrogen-bond acceptors (Lipinski definition) is 2. The Morgan fingerprint density at radius 1 is 1.47 bits per heavy atom. The van der Waals surface area contributed by atoms with E-state index in [0.717, 1.165) is 32.6 Å². The van der Waals surface area contributed by atoms with Crippen LogP contribution < -0.4 is 5.32 Å². The van der Waals surface area contributed by atoms with Crippen molar-refractivity contribution >= 4 is 17.5 Å². The van der Waals surface area contributed by atoms with Crippen LogP contribution in [0.15, 0.2) is 0 Å². The second kappa shape index (κ2) is 5.71. The first-order chi connectivity index (χ1) is 7.06. The molecule has 0 atom stereocenters. The molecule has 1 fully saturated rings. The van der Waals surface area contributed by atoms with Gasteiger partial charge in [0.2, 0.25) is 5.91 Å². The topological polar surface area (TPSA) is 38.3 Å². The summed E-state index contributed by atoms with van der Waals surface area (Å²) < 4.78 is 5.26. The van der Waals surface area contributed by atoms with E-state index in [1.165, 1.54) is 0 Å². The summed E-state index contributed by atoms with van der Waals surface area (Å²) in [5.74, 6) is 0.963. The van der Waals surface area contributed by atoms with Crippen LogP contribution >= 0.6 is 11.6 Å². The van der Waals surface area contributed by atoms with E-state index in [1.807, 2.05) is 13.8 Å². The second-order valence-electron chi connectivity index (χ2n) is 4.78. The summed E-state index contributed by atoms with van der Waals surface area (Å²) in [6, 6.07) is 0. The molecule has 0 unspecified atom stereocenters. The molecule has 0 bridgehead atoms. The third-order valence-electron chi connectivity index (χ3n) is 2.84. The largest absolute Gasteiger partial charge is 0.381 e. The maximum Gasteiger partial charge on any atom is 0.226 e. The van der Waals surface area contributed by atoms with Crippen LogP contribution in [0.25, 0.3) is 0 Å². The fourth-order valence-corrected chi connectivity index (χ4v) is 1.61. The fraction of sp³-hybridized carbons (Fsp3) is 0.909. The van der Waals surface area contributed by atoms with E-state index in [1.54, 1.807) is 0 Å². The molecule has 1 heterocycles. The van der Waals surface area contributed by atoms with Crippen molar-refractivity contribution in [1.82, 2.24) is 5.32 Å². The van der Waals surface area contributed by atoms with Gasteiger partial charge in [-0.2, -0.15) is 0 Å². The zero-order valence-electron chi connectivity index (χ0n) is 9.51. The molecule has 1 saturated heterocycles. The molecule has 1 rings (SSSR count). The predicted molar refractivity (Wildman–Crippen MR) is 61.1 cm³/mol. The molecule has 1 amide bonds. The number of rotatable bonds is 4. The lowest BCUT2D eigenvalue weighted by Gasteiger charge is -2.25. The van der Waals surface area contributed by atoms with E-state index >= 15 is 0 Å². The van der Waals surface area contributed by atoms with Crippen LogP contribution in [-0.2, 0) is 9.53 Å². The SMILES string of the molecule is CC(C)(CCl)C(=O)NCC1CCOCC1. The van der Waals surface area contributed by atoms with E-state index in [2.05, 4.69) is 5.32 Å². The molecule has 0 aliphatic carbocycles. The van der Waals surface area contributed by atoms with Crippen LogP contribution in [0.4, 0.5) is 0 Å². The van der Waals surface area contributed by atoms with Gasteiger partial charge in [-0.25, -0.2) is 0 Å². The minimum absolute atomic E-state index is 0.0454. The molecule has 0 aromatic rings. The second-order valence-corrected chi connectivity index (χ2v) is 5.05. The average Bonchev–Trinajstić information content (AvgIpc) is 2.27. The van der Waals surface area contributed by atoms with E-state index in [-0.39, 0.29) is 5.91 Å². The highest BCUT2D eigenvalue weighted by Gasteiger charge is 2.27. The summed E-state index contributed by atoms with van der Waals surface area (Å²) in [6.45, 7) is 6.11. The van der Waals surface area contributed by atoms with Gasteiger partial charge in [-0.3, -0.25) is 4.79 Å². The number of carbonyl (C=O) groups excluding carboxylic acids is 1. The van der Waals surface area contributed by atoms with Crippen LogP contribution in [-0.4, -0.2) is 31.5 Å². The highest BCUT2D eigenvalue weighted by Crippen LogP contribution is 2.18. The molecular formula is C11H20ClNO2. The van der Waals surface area contributed by atoms with Crippen molar-refractivity contribution in [2.75, 3.05) is 25.6 Å². The monoisotopic (exact) mass is 233 g/mol. The summed E-state index contributed by atoms with van der Waals surface area (Å²) in [5.41, 5.74) is -0.466. The molecule has 88 valence electrons. The van der Waals surface area contributed by atoms with Gasteiger partial charge in [0.1, 0.15) is 0 Å². The van der Waals surface area contributed by atoms with Gasteiger partial charge in [0.05, 0.1) is 5.41 Å². The zero-order valence-corrected chi connectivity index (χ0v) is 10.3. The maximum atomic E-state index is 11.7. The lowest BCUT2D eigenvalue weighted by Crippen LogP contribution is -2.41. The Morgan fingerprint density at radius 2 is 2.07 bits per heavy atom. The Morgan fingerprint density at radius 3 is 2.60 bits per heavy atom. The molecule has 0 radical (unpaired) electrons. The molecule has 1 N–H and O–H groups in total. The predicted octanol–water partition coefficient (Wildman–Crippen LogP) is 1.79. The first kappa shape index (κ1) is 12.8. The molecule has 4 heteroatoms. The number of amides is 1. The summed E-state index contributed by atoms with van der Waals surface area (Å²) in [5, 5.41) is 2.96. The molecule has 1 aliphatic heterocycles. The smallest absolute Gasteiger partial charge is 0.226 e. The van der Waals surface area contributed by atoms with Crippen molar-refractivity contribution in [3.63, 3.8) is 0 Å². The Kier molecular flexibility index (Phi) is 4.87. The van der Waals surface area contributed by atoms with Gasteiger partial charge in [0.25, 0.3) is 0 Å². The third-order valence-corrected chi connectivity index (χ3v) is 3.51. The van der Waals surface area contributed by atoms with Crippen LogP contribution in [0.1, 0.15) is 26.7 Å². The Labute approximate surface area is 96.5 Å². The summed E-state index contributed by atoms with van der Waals surface area (Å²) in [4.78, 5) is 11.7. The number of carbonyl (C=O) groups is 1. The maximum absolute atomic E-state index is 11.7. The number of ether oxygens (including phenoxy) is 1. The minimum Gasteiger partial charge on any atom is -0.381 e. The molecule has 15 heavy (non-hydrogen) atoms. The fourth-order valence-electron chi connectivity index (χ4n) is 1.49. The Bertz CT molecular complexity index is 213. The van der Waals surface area contributed by atoms with E-state index in [4.69, 9.17) is 16.3 Å². The molecule has 0 aromatic heterocycles. The van der Waals surface area contributed by atoms with Gasteiger partial charge in [0, 0.05) is 25.6 Å². The van der Waals surface area contributed by atoms with Crippen molar-refractivity contribution in [2.24, 2.45) is 11.3 Å². The van der Waals surface area contributed by atoms with Gasteiger partial charge in [-0.15, -0.1) is 11.6 Å². The van der Waals surface area contributed by atoms with Gasteiger partial charge in [0.15, 0.2) is 0 Å². The molecule has 1 aliphatic rings. The highest BCUT2D eigenvalue weighted by molar-refractivity contribution is 6.19. The van der Waals surface area contributed by atoms with Crippen molar-refractivity contribution in [1.29, 1.82) is 0 Å². The lowest BCUT2D eigenvalue weighted by atomic mass is 9.94. The Hall–Kier alpha value is -0.280. The number of halogens is 1. The number of nitrogens with one attached hydrogen (secondary N) is 1. The average molecular weight is 234 g/mol. The molecule has 0 saturated carbocycles. The Balaban J connectivity index is 2.26. The van der Waals surface area contributed by atoms with Crippen LogP contribution in [0.3, 0.4) is 0 Å². The van der Waals surface area contributed by atoms with Crippen LogP contribution in [0, 0.1) is 11.3 Å².